The number of carbonyl (C=O) groups excluding carboxylic acids is 1. The summed E-state index contributed by atoms with van der Waals surface area (Å²) in [7, 11) is 0. The maximum absolute atomic E-state index is 12.2. The van der Waals surface area contributed by atoms with E-state index >= 15 is 0 Å². The molecule has 0 bridgehead atoms. The Kier molecular flexibility index (Phi) is 6.48. The lowest BCUT2D eigenvalue weighted by Gasteiger charge is -2.26. The van der Waals surface area contributed by atoms with Crippen LogP contribution < -0.4 is 5.32 Å². The van der Waals surface area contributed by atoms with E-state index < -0.39 is 0 Å². The molecule has 1 aromatic heterocycles. The molecule has 0 aliphatic carbocycles. The van der Waals surface area contributed by atoms with Gasteiger partial charge < -0.3 is 10.1 Å². The molecule has 0 aromatic carbocycles. The zero-order chi connectivity index (χ0) is 15.1. The van der Waals surface area contributed by atoms with Gasteiger partial charge in [-0.2, -0.15) is 5.10 Å². The van der Waals surface area contributed by atoms with Crippen molar-refractivity contribution in [3.63, 3.8) is 0 Å². The Hall–Kier alpha value is -1.11. The molecule has 0 spiro atoms. The van der Waals surface area contributed by atoms with Gasteiger partial charge in [0.25, 0.3) is 0 Å². The molecule has 1 atom stereocenters. The van der Waals surface area contributed by atoms with E-state index in [4.69, 9.17) is 16.3 Å². The molecular weight excluding hydrogens is 292 g/mol. The second-order valence-corrected chi connectivity index (χ2v) is 5.60. The summed E-state index contributed by atoms with van der Waals surface area (Å²) in [5.41, 5.74) is 0. The second-order valence-electron chi connectivity index (χ2n) is 5.16. The predicted octanol–water partition coefficient (Wildman–Crippen LogP) is 1.33. The maximum Gasteiger partial charge on any atom is 0.244 e. The molecule has 118 valence electrons. The molecule has 0 saturated carbocycles. The molecule has 1 unspecified atom stereocenters. The van der Waals surface area contributed by atoms with E-state index in [1.54, 1.807) is 17.1 Å². The molecule has 1 aliphatic rings. The van der Waals surface area contributed by atoms with Crippen LogP contribution in [0.1, 0.15) is 25.8 Å². The summed E-state index contributed by atoms with van der Waals surface area (Å²) in [6.07, 6.45) is 4.87. The smallest absolute Gasteiger partial charge is 0.244 e. The third-order valence-corrected chi connectivity index (χ3v) is 3.83. The zero-order valence-electron chi connectivity index (χ0n) is 12.4. The van der Waals surface area contributed by atoms with Gasteiger partial charge in [0.05, 0.1) is 24.4 Å². The molecule has 7 heteroatoms. The molecule has 2 rings (SSSR count). The molecule has 1 N–H and O–H groups in total. The van der Waals surface area contributed by atoms with E-state index in [1.807, 2.05) is 6.92 Å². The van der Waals surface area contributed by atoms with Crippen molar-refractivity contribution in [3.05, 3.63) is 17.4 Å². The Bertz CT molecular complexity index is 446. The van der Waals surface area contributed by atoms with Crippen LogP contribution in [0, 0.1) is 0 Å². The number of nitrogens with zero attached hydrogens (tertiary/aromatic N) is 3. The Morgan fingerprint density at radius 3 is 2.90 bits per heavy atom. The summed E-state index contributed by atoms with van der Waals surface area (Å²) in [5, 5.41) is 7.64. The Morgan fingerprint density at radius 1 is 1.52 bits per heavy atom. The van der Waals surface area contributed by atoms with Crippen molar-refractivity contribution in [2.45, 2.75) is 25.8 Å². The van der Waals surface area contributed by atoms with E-state index in [0.717, 1.165) is 39.3 Å². The van der Waals surface area contributed by atoms with Gasteiger partial charge in [0, 0.05) is 25.8 Å². The number of ether oxygens (including phenoxy) is 1. The number of aromatic nitrogens is 2. The lowest BCUT2D eigenvalue weighted by atomic mass is 10.2. The number of amides is 1. The van der Waals surface area contributed by atoms with Crippen LogP contribution in [0.15, 0.2) is 12.4 Å². The number of carbonyl (C=O) groups is 1. The molecule has 1 aliphatic heterocycles. The molecule has 6 nitrogen and oxygen atoms in total. The minimum absolute atomic E-state index is 0.000700. The maximum atomic E-state index is 12.2. The first-order chi connectivity index (χ1) is 10.2. The van der Waals surface area contributed by atoms with Crippen LogP contribution in [0.4, 0.5) is 0 Å². The van der Waals surface area contributed by atoms with E-state index in [-0.39, 0.29) is 11.9 Å². The van der Waals surface area contributed by atoms with Crippen LogP contribution in [-0.2, 0) is 9.53 Å². The average molecular weight is 315 g/mol. The van der Waals surface area contributed by atoms with Gasteiger partial charge in [0.2, 0.25) is 5.91 Å². The predicted molar refractivity (Wildman–Crippen MR) is 81.5 cm³/mol. The van der Waals surface area contributed by atoms with E-state index in [1.165, 1.54) is 0 Å². The van der Waals surface area contributed by atoms with Crippen molar-refractivity contribution >= 4 is 17.5 Å². The van der Waals surface area contributed by atoms with Crippen molar-refractivity contribution in [1.82, 2.24) is 20.0 Å². The molecule has 1 saturated heterocycles. The van der Waals surface area contributed by atoms with Crippen LogP contribution in [0.5, 0.6) is 0 Å². The van der Waals surface area contributed by atoms with Gasteiger partial charge in [-0.3, -0.25) is 14.4 Å². The topological polar surface area (TPSA) is 59.4 Å². The largest absolute Gasteiger partial charge is 0.379 e. The third-order valence-electron chi connectivity index (χ3n) is 3.63. The summed E-state index contributed by atoms with van der Waals surface area (Å²) >= 11 is 5.85. The van der Waals surface area contributed by atoms with Crippen LogP contribution >= 0.6 is 11.6 Å². The summed E-state index contributed by atoms with van der Waals surface area (Å²) in [6.45, 7) is 7.23. The van der Waals surface area contributed by atoms with Crippen LogP contribution in [0.3, 0.4) is 0 Å². The third kappa shape index (κ3) is 4.98. The van der Waals surface area contributed by atoms with Gasteiger partial charge in [-0.15, -0.1) is 0 Å². The van der Waals surface area contributed by atoms with Crippen molar-refractivity contribution in [2.24, 2.45) is 0 Å². The SMILES string of the molecule is CCC(C(=O)NCCCN1CCOCC1)n1cc(Cl)cn1. The average Bonchev–Trinajstić information content (AvgIpc) is 2.92. The highest BCUT2D eigenvalue weighted by Gasteiger charge is 2.19. The summed E-state index contributed by atoms with van der Waals surface area (Å²) in [6, 6.07) is -0.291. The number of hydrogen-bond acceptors (Lipinski definition) is 4. The molecule has 0 radical (unpaired) electrons. The molecular formula is C14H23ClN4O2. The van der Waals surface area contributed by atoms with Gasteiger partial charge >= 0.3 is 0 Å². The lowest BCUT2D eigenvalue weighted by Crippen LogP contribution is -2.39. The van der Waals surface area contributed by atoms with Crippen molar-refractivity contribution < 1.29 is 9.53 Å². The number of nitrogens with one attached hydrogen (secondary N) is 1. The first-order valence-electron chi connectivity index (χ1n) is 7.48. The monoisotopic (exact) mass is 314 g/mol. The van der Waals surface area contributed by atoms with E-state index in [9.17, 15) is 4.79 Å². The fraction of sp³-hybridized carbons (Fsp3) is 0.714. The van der Waals surface area contributed by atoms with E-state index in [0.29, 0.717) is 18.0 Å². The van der Waals surface area contributed by atoms with Crippen LogP contribution in [0.2, 0.25) is 5.02 Å². The van der Waals surface area contributed by atoms with Crippen molar-refractivity contribution in [3.8, 4) is 0 Å². The zero-order valence-corrected chi connectivity index (χ0v) is 13.2. The van der Waals surface area contributed by atoms with E-state index in [2.05, 4.69) is 15.3 Å². The van der Waals surface area contributed by atoms with Crippen molar-refractivity contribution in [2.75, 3.05) is 39.4 Å². The Balaban J connectivity index is 1.70. The first kappa shape index (κ1) is 16.3. The molecule has 1 fully saturated rings. The van der Waals surface area contributed by atoms with Gasteiger partial charge in [0.15, 0.2) is 0 Å². The summed E-state index contributed by atoms with van der Waals surface area (Å²) < 4.78 is 6.93. The molecule has 2 heterocycles. The van der Waals surface area contributed by atoms with Crippen LogP contribution in [-0.4, -0.2) is 60.0 Å². The highest BCUT2D eigenvalue weighted by Crippen LogP contribution is 2.14. The quantitative estimate of drug-likeness (QED) is 0.771. The van der Waals surface area contributed by atoms with Gasteiger partial charge in [-0.25, -0.2) is 0 Å². The van der Waals surface area contributed by atoms with Crippen LogP contribution in [0.25, 0.3) is 0 Å². The number of hydrogen-bond donors (Lipinski definition) is 1. The molecule has 1 aromatic rings. The van der Waals surface area contributed by atoms with Gasteiger partial charge in [-0.05, 0) is 19.4 Å². The normalized spacial score (nSPS) is 17.6. The molecule has 1 amide bonds. The number of halogens is 1. The molecule has 21 heavy (non-hydrogen) atoms. The number of morpholine rings is 1. The lowest BCUT2D eigenvalue weighted by molar-refractivity contribution is -0.124. The highest BCUT2D eigenvalue weighted by molar-refractivity contribution is 6.30. The first-order valence-corrected chi connectivity index (χ1v) is 7.86. The minimum atomic E-state index is -0.291. The Labute approximate surface area is 130 Å². The van der Waals surface area contributed by atoms with Gasteiger partial charge in [0.1, 0.15) is 6.04 Å². The van der Waals surface area contributed by atoms with Gasteiger partial charge in [-0.1, -0.05) is 18.5 Å². The summed E-state index contributed by atoms with van der Waals surface area (Å²) in [4.78, 5) is 14.5. The fourth-order valence-electron chi connectivity index (χ4n) is 2.43. The fourth-order valence-corrected chi connectivity index (χ4v) is 2.58. The minimum Gasteiger partial charge on any atom is -0.379 e. The Morgan fingerprint density at radius 2 is 2.29 bits per heavy atom. The summed E-state index contributed by atoms with van der Waals surface area (Å²) in [5.74, 6) is -0.000700. The second kappa shape index (κ2) is 8.36. The standard InChI is InChI=1S/C14H23ClN4O2/c1-2-13(19-11-12(15)10-17-19)14(20)16-4-3-5-18-6-8-21-9-7-18/h10-11,13H,2-9H2,1H3,(H,16,20). The highest BCUT2D eigenvalue weighted by atomic mass is 35.5. The van der Waals surface area contributed by atoms with Crippen molar-refractivity contribution in [1.29, 1.82) is 0 Å². The number of rotatable bonds is 7.